The molecule has 1 fully saturated rings. The minimum Gasteiger partial charge on any atom is -0.319 e. The predicted molar refractivity (Wildman–Crippen MR) is 61.7 cm³/mol. The van der Waals surface area contributed by atoms with Crippen molar-refractivity contribution in [2.75, 3.05) is 12.3 Å². The van der Waals surface area contributed by atoms with E-state index in [1.54, 1.807) is 0 Å². The lowest BCUT2D eigenvalue weighted by atomic mass is 10.0. The first-order valence-corrected chi connectivity index (χ1v) is 7.33. The summed E-state index contributed by atoms with van der Waals surface area (Å²) in [4.78, 5) is 0. The van der Waals surface area contributed by atoms with Crippen LogP contribution < -0.4 is 5.30 Å². The number of hydrogen-bond acceptors (Lipinski definition) is 1. The van der Waals surface area contributed by atoms with E-state index >= 15 is 0 Å². The fourth-order valence-electron chi connectivity index (χ4n) is 2.28. The van der Waals surface area contributed by atoms with Gasteiger partial charge in [0.15, 0.2) is 0 Å². The molecule has 0 N–H and O–H groups in total. The summed E-state index contributed by atoms with van der Waals surface area (Å²) in [5.74, 6) is 1.22. The van der Waals surface area contributed by atoms with Gasteiger partial charge in [0.05, 0.1) is 0 Å². The van der Waals surface area contributed by atoms with Crippen molar-refractivity contribution < 1.29 is 4.57 Å². The van der Waals surface area contributed by atoms with Crippen molar-refractivity contribution in [3.05, 3.63) is 30.3 Å². The molecule has 76 valence electrons. The van der Waals surface area contributed by atoms with Crippen LogP contribution in [0, 0.1) is 11.8 Å². The second kappa shape index (κ2) is 3.55. The molecule has 1 aliphatic heterocycles. The van der Waals surface area contributed by atoms with Crippen molar-refractivity contribution in [1.29, 1.82) is 0 Å². The maximum atomic E-state index is 12.6. The highest BCUT2D eigenvalue weighted by Gasteiger charge is 2.37. The second-order valence-corrected chi connectivity index (χ2v) is 7.57. The van der Waals surface area contributed by atoms with Crippen molar-refractivity contribution in [2.24, 2.45) is 11.8 Å². The van der Waals surface area contributed by atoms with Gasteiger partial charge in [-0.1, -0.05) is 44.2 Å². The van der Waals surface area contributed by atoms with Crippen molar-refractivity contribution in [1.82, 2.24) is 0 Å². The van der Waals surface area contributed by atoms with Crippen molar-refractivity contribution >= 4 is 12.4 Å². The van der Waals surface area contributed by atoms with E-state index in [9.17, 15) is 4.57 Å². The van der Waals surface area contributed by atoms with Crippen LogP contribution in [0.15, 0.2) is 30.3 Å². The van der Waals surface area contributed by atoms with Gasteiger partial charge in [-0.25, -0.2) is 0 Å². The zero-order chi connectivity index (χ0) is 10.2. The average molecular weight is 208 g/mol. The van der Waals surface area contributed by atoms with Crippen LogP contribution >= 0.6 is 7.14 Å². The number of benzene rings is 1. The predicted octanol–water partition coefficient (Wildman–Crippen LogP) is 2.96. The summed E-state index contributed by atoms with van der Waals surface area (Å²) in [5, 5.41) is 1.08. The molecule has 0 bridgehead atoms. The van der Waals surface area contributed by atoms with Crippen LogP contribution in [-0.4, -0.2) is 12.3 Å². The van der Waals surface area contributed by atoms with Crippen LogP contribution in [0.1, 0.15) is 13.8 Å². The largest absolute Gasteiger partial charge is 0.319 e. The van der Waals surface area contributed by atoms with E-state index in [-0.39, 0.29) is 0 Å². The summed E-state index contributed by atoms with van der Waals surface area (Å²) in [7, 11) is -2.03. The summed E-state index contributed by atoms with van der Waals surface area (Å²) in [6.45, 7) is 4.43. The SMILES string of the molecule is CC1CP(=O)(c2ccccc2)CC1C. The quantitative estimate of drug-likeness (QED) is 0.648. The zero-order valence-corrected chi connectivity index (χ0v) is 9.71. The van der Waals surface area contributed by atoms with Crippen LogP contribution in [0.2, 0.25) is 0 Å². The molecule has 1 saturated heterocycles. The van der Waals surface area contributed by atoms with Crippen LogP contribution in [0.4, 0.5) is 0 Å². The third-order valence-corrected chi connectivity index (χ3v) is 6.93. The molecule has 2 rings (SSSR count). The highest BCUT2D eigenvalue weighted by atomic mass is 31.2. The molecule has 0 aromatic heterocycles. The molecular formula is C12H17OP. The van der Waals surface area contributed by atoms with Gasteiger partial charge in [0.25, 0.3) is 0 Å². The van der Waals surface area contributed by atoms with Gasteiger partial charge in [0.1, 0.15) is 7.14 Å². The molecule has 0 amide bonds. The van der Waals surface area contributed by atoms with Crippen LogP contribution in [0.25, 0.3) is 0 Å². The van der Waals surface area contributed by atoms with Crippen LogP contribution in [0.5, 0.6) is 0 Å². The molecular weight excluding hydrogens is 191 g/mol. The first kappa shape index (κ1) is 9.98. The molecule has 1 aliphatic rings. The molecule has 0 aliphatic carbocycles. The van der Waals surface area contributed by atoms with Crippen molar-refractivity contribution in [2.45, 2.75) is 13.8 Å². The smallest absolute Gasteiger partial charge is 0.116 e. The Bertz CT molecular complexity index is 344. The molecule has 2 heteroatoms. The Labute approximate surface area is 85.9 Å². The summed E-state index contributed by atoms with van der Waals surface area (Å²) >= 11 is 0. The number of hydrogen-bond donors (Lipinski definition) is 0. The van der Waals surface area contributed by atoms with Gasteiger partial charge < -0.3 is 4.57 Å². The lowest BCUT2D eigenvalue weighted by Gasteiger charge is -2.11. The average Bonchev–Trinajstić information content (AvgIpc) is 2.44. The van der Waals surface area contributed by atoms with Gasteiger partial charge in [-0.05, 0) is 11.8 Å². The fourth-order valence-corrected chi connectivity index (χ4v) is 6.14. The van der Waals surface area contributed by atoms with E-state index in [1.165, 1.54) is 0 Å². The molecule has 0 spiro atoms. The third-order valence-electron chi connectivity index (χ3n) is 3.36. The molecule has 1 aromatic rings. The lowest BCUT2D eigenvalue weighted by Crippen LogP contribution is -2.05. The standard InChI is InChI=1S/C12H17OP/c1-10-8-14(13,9-11(10)2)12-6-4-3-5-7-12/h3-7,10-11H,8-9H2,1-2H3. The highest BCUT2D eigenvalue weighted by molar-refractivity contribution is 7.71. The van der Waals surface area contributed by atoms with E-state index in [0.29, 0.717) is 11.8 Å². The van der Waals surface area contributed by atoms with E-state index in [0.717, 1.165) is 17.6 Å². The minimum atomic E-state index is -2.03. The van der Waals surface area contributed by atoms with Crippen molar-refractivity contribution in [3.8, 4) is 0 Å². The van der Waals surface area contributed by atoms with E-state index < -0.39 is 7.14 Å². The monoisotopic (exact) mass is 208 g/mol. The van der Waals surface area contributed by atoms with Crippen LogP contribution in [0.3, 0.4) is 0 Å². The molecule has 2 atom stereocenters. The summed E-state index contributed by atoms with van der Waals surface area (Å²) < 4.78 is 12.6. The Hall–Kier alpha value is -0.550. The molecule has 1 aromatic carbocycles. The Kier molecular flexibility index (Phi) is 2.53. The highest BCUT2D eigenvalue weighted by Crippen LogP contribution is 2.55. The maximum Gasteiger partial charge on any atom is 0.116 e. The van der Waals surface area contributed by atoms with Gasteiger partial charge >= 0.3 is 0 Å². The van der Waals surface area contributed by atoms with E-state index in [1.807, 2.05) is 30.3 Å². The summed E-state index contributed by atoms with van der Waals surface area (Å²) in [6.07, 6.45) is 1.80. The fraction of sp³-hybridized carbons (Fsp3) is 0.500. The lowest BCUT2D eigenvalue weighted by molar-refractivity contribution is 0.494. The molecule has 1 heterocycles. The van der Waals surface area contributed by atoms with Gasteiger partial charge in [0, 0.05) is 17.6 Å². The molecule has 0 radical (unpaired) electrons. The molecule has 1 nitrogen and oxygen atoms in total. The summed E-state index contributed by atoms with van der Waals surface area (Å²) in [5.41, 5.74) is 0. The molecule has 2 unspecified atom stereocenters. The summed E-state index contributed by atoms with van der Waals surface area (Å²) in [6, 6.07) is 10.0. The van der Waals surface area contributed by atoms with Crippen LogP contribution in [-0.2, 0) is 4.57 Å². The first-order chi connectivity index (χ1) is 6.62. The topological polar surface area (TPSA) is 17.1 Å². The first-order valence-electron chi connectivity index (χ1n) is 5.25. The third kappa shape index (κ3) is 1.66. The van der Waals surface area contributed by atoms with Gasteiger partial charge in [-0.2, -0.15) is 0 Å². The van der Waals surface area contributed by atoms with Gasteiger partial charge in [0.2, 0.25) is 0 Å². The normalized spacial score (nSPS) is 37.3. The Morgan fingerprint density at radius 2 is 1.57 bits per heavy atom. The molecule has 0 saturated carbocycles. The second-order valence-electron chi connectivity index (χ2n) is 4.54. The maximum absolute atomic E-state index is 12.6. The molecule has 14 heavy (non-hydrogen) atoms. The van der Waals surface area contributed by atoms with Gasteiger partial charge in [-0.15, -0.1) is 0 Å². The Balaban J connectivity index is 2.32. The Morgan fingerprint density at radius 3 is 2.07 bits per heavy atom. The van der Waals surface area contributed by atoms with Crippen molar-refractivity contribution in [3.63, 3.8) is 0 Å². The van der Waals surface area contributed by atoms with Gasteiger partial charge in [-0.3, -0.25) is 0 Å². The number of rotatable bonds is 1. The Morgan fingerprint density at radius 1 is 1.07 bits per heavy atom. The zero-order valence-electron chi connectivity index (χ0n) is 8.81. The van der Waals surface area contributed by atoms with E-state index in [2.05, 4.69) is 13.8 Å². The van der Waals surface area contributed by atoms with E-state index in [4.69, 9.17) is 0 Å². The minimum absolute atomic E-state index is 0.612.